The van der Waals surface area contributed by atoms with Crippen LogP contribution in [0.25, 0.3) is 0 Å². The number of hydrogen-bond donors (Lipinski definition) is 2. The Balaban J connectivity index is 2.02. The molecule has 9 heteroatoms. The zero-order valence-electron chi connectivity index (χ0n) is 17.0. The molecule has 1 aliphatic heterocycles. The fourth-order valence-corrected chi connectivity index (χ4v) is 4.57. The topological polar surface area (TPSA) is 105 Å². The average molecular weight is 412 g/mol. The summed E-state index contributed by atoms with van der Waals surface area (Å²) in [5, 5.41) is 5.28. The van der Waals surface area contributed by atoms with Crippen LogP contribution < -0.4 is 10.6 Å². The minimum Gasteiger partial charge on any atom is -0.373 e. The highest BCUT2D eigenvalue weighted by atomic mass is 32.2. The lowest BCUT2D eigenvalue weighted by Crippen LogP contribution is -2.48. The van der Waals surface area contributed by atoms with Crippen LogP contribution in [0.4, 0.5) is 0 Å². The highest BCUT2D eigenvalue weighted by Gasteiger charge is 2.32. The van der Waals surface area contributed by atoms with Crippen molar-refractivity contribution in [1.29, 1.82) is 0 Å². The fraction of sp³-hybridized carbons (Fsp3) is 0.579. The number of benzene rings is 1. The molecular formula is C19H29N3O5S. The summed E-state index contributed by atoms with van der Waals surface area (Å²) in [5.41, 5.74) is -0.0991. The summed E-state index contributed by atoms with van der Waals surface area (Å²) in [5.74, 6) is -0.739. The molecule has 1 heterocycles. The second-order valence-electron chi connectivity index (χ2n) is 8.08. The van der Waals surface area contributed by atoms with Crippen LogP contribution in [0, 0.1) is 0 Å². The van der Waals surface area contributed by atoms with Crippen LogP contribution in [0.2, 0.25) is 0 Å². The summed E-state index contributed by atoms with van der Waals surface area (Å²) < 4.78 is 32.6. The summed E-state index contributed by atoms with van der Waals surface area (Å²) >= 11 is 0. The Morgan fingerprint density at radius 2 is 1.64 bits per heavy atom. The zero-order valence-corrected chi connectivity index (χ0v) is 17.8. The van der Waals surface area contributed by atoms with Gasteiger partial charge < -0.3 is 15.4 Å². The maximum atomic E-state index is 12.8. The maximum absolute atomic E-state index is 12.8. The third kappa shape index (κ3) is 6.02. The molecule has 28 heavy (non-hydrogen) atoms. The van der Waals surface area contributed by atoms with Gasteiger partial charge in [0.2, 0.25) is 15.9 Å². The second-order valence-corrected chi connectivity index (χ2v) is 10.0. The van der Waals surface area contributed by atoms with Gasteiger partial charge in [0.15, 0.2) is 0 Å². The molecule has 2 rings (SSSR count). The lowest BCUT2D eigenvalue weighted by Gasteiger charge is -2.34. The molecule has 156 valence electrons. The Labute approximate surface area is 166 Å². The molecule has 1 fully saturated rings. The van der Waals surface area contributed by atoms with Crippen LogP contribution in [0.15, 0.2) is 29.2 Å². The van der Waals surface area contributed by atoms with Gasteiger partial charge in [0.1, 0.15) is 0 Å². The van der Waals surface area contributed by atoms with Crippen molar-refractivity contribution >= 4 is 21.8 Å². The van der Waals surface area contributed by atoms with Crippen LogP contribution >= 0.6 is 0 Å². The molecule has 2 N–H and O–H groups in total. The minimum absolute atomic E-state index is 0.121. The van der Waals surface area contributed by atoms with Gasteiger partial charge in [-0.05, 0) is 58.9 Å². The normalized spacial score (nSPS) is 21.2. The first-order valence-electron chi connectivity index (χ1n) is 9.23. The van der Waals surface area contributed by atoms with E-state index < -0.39 is 15.9 Å². The van der Waals surface area contributed by atoms with Gasteiger partial charge in [0.25, 0.3) is 5.91 Å². The summed E-state index contributed by atoms with van der Waals surface area (Å²) in [6.07, 6.45) is -0.356. The van der Waals surface area contributed by atoms with E-state index in [2.05, 4.69) is 10.6 Å². The highest BCUT2D eigenvalue weighted by molar-refractivity contribution is 7.89. The van der Waals surface area contributed by atoms with E-state index in [1.807, 2.05) is 34.6 Å². The van der Waals surface area contributed by atoms with Crippen molar-refractivity contribution in [2.45, 2.75) is 57.3 Å². The Morgan fingerprint density at radius 1 is 1.11 bits per heavy atom. The SMILES string of the molecule is C[C@H]1CN(S(=O)(=O)c2ccc(C(=O)NCC(=O)NC(C)(C)C)cc2)C[C@H](C)O1. The quantitative estimate of drug-likeness (QED) is 0.756. The molecule has 0 saturated carbocycles. The Morgan fingerprint density at radius 3 is 2.14 bits per heavy atom. The number of carbonyl (C=O) groups excluding carboxylic acids is 2. The molecule has 0 bridgehead atoms. The number of sulfonamides is 1. The molecule has 0 aliphatic carbocycles. The van der Waals surface area contributed by atoms with Crippen molar-refractivity contribution in [1.82, 2.24) is 14.9 Å². The lowest BCUT2D eigenvalue weighted by atomic mass is 10.1. The van der Waals surface area contributed by atoms with E-state index in [9.17, 15) is 18.0 Å². The van der Waals surface area contributed by atoms with Crippen molar-refractivity contribution in [3.05, 3.63) is 29.8 Å². The molecule has 0 spiro atoms. The minimum atomic E-state index is -3.66. The Kier molecular flexibility index (Phi) is 6.84. The number of nitrogens with one attached hydrogen (secondary N) is 2. The molecule has 1 aromatic rings. The Hall–Kier alpha value is -1.97. The monoisotopic (exact) mass is 411 g/mol. The van der Waals surface area contributed by atoms with Gasteiger partial charge >= 0.3 is 0 Å². The summed E-state index contributed by atoms with van der Waals surface area (Å²) in [6.45, 7) is 9.64. The molecule has 1 saturated heterocycles. The first-order valence-corrected chi connectivity index (χ1v) is 10.7. The number of amides is 2. The number of nitrogens with zero attached hydrogens (tertiary/aromatic N) is 1. The van der Waals surface area contributed by atoms with Crippen molar-refractivity contribution < 1.29 is 22.7 Å². The molecule has 0 unspecified atom stereocenters. The molecule has 2 atom stereocenters. The molecule has 0 aromatic heterocycles. The standard InChI is InChI=1S/C19H29N3O5S/c1-13-11-22(12-14(2)27-13)28(25,26)16-8-6-15(7-9-16)18(24)20-10-17(23)21-19(3,4)5/h6-9,13-14H,10-12H2,1-5H3,(H,20,24)(H,21,23)/t13-,14-/m0/s1. The largest absolute Gasteiger partial charge is 0.373 e. The van der Waals surface area contributed by atoms with Crippen LogP contribution in [0.1, 0.15) is 45.0 Å². The van der Waals surface area contributed by atoms with E-state index in [1.165, 1.54) is 28.6 Å². The number of ether oxygens (including phenoxy) is 1. The van der Waals surface area contributed by atoms with E-state index in [4.69, 9.17) is 4.74 Å². The summed E-state index contributed by atoms with van der Waals surface area (Å²) in [7, 11) is -3.66. The van der Waals surface area contributed by atoms with Gasteiger partial charge in [-0.25, -0.2) is 8.42 Å². The van der Waals surface area contributed by atoms with Gasteiger partial charge in [-0.1, -0.05) is 0 Å². The fourth-order valence-electron chi connectivity index (χ4n) is 2.98. The van der Waals surface area contributed by atoms with Gasteiger partial charge in [-0.2, -0.15) is 4.31 Å². The predicted octanol–water partition coefficient (Wildman–Crippen LogP) is 1.13. The molecule has 0 radical (unpaired) electrons. The lowest BCUT2D eigenvalue weighted by molar-refractivity contribution is -0.121. The maximum Gasteiger partial charge on any atom is 0.251 e. The predicted molar refractivity (Wildman–Crippen MR) is 105 cm³/mol. The number of rotatable bonds is 5. The number of hydrogen-bond acceptors (Lipinski definition) is 5. The van der Waals surface area contributed by atoms with Crippen LogP contribution in [0.3, 0.4) is 0 Å². The van der Waals surface area contributed by atoms with E-state index in [0.717, 1.165) is 0 Å². The van der Waals surface area contributed by atoms with Crippen LogP contribution in [-0.4, -0.2) is 61.9 Å². The first kappa shape index (κ1) is 22.3. The summed E-state index contributed by atoms with van der Waals surface area (Å²) in [4.78, 5) is 24.1. The molecule has 1 aliphatic rings. The van der Waals surface area contributed by atoms with Crippen LogP contribution in [0.5, 0.6) is 0 Å². The molecule has 1 aromatic carbocycles. The number of carbonyl (C=O) groups is 2. The molecule has 2 amide bonds. The second kappa shape index (κ2) is 8.59. The summed E-state index contributed by atoms with van der Waals surface area (Å²) in [6, 6.07) is 5.70. The van der Waals surface area contributed by atoms with E-state index in [0.29, 0.717) is 0 Å². The van der Waals surface area contributed by atoms with Gasteiger partial charge in [0.05, 0.1) is 23.6 Å². The third-order valence-corrected chi connectivity index (χ3v) is 5.91. The van der Waals surface area contributed by atoms with Gasteiger partial charge in [-0.3, -0.25) is 9.59 Å². The third-order valence-electron chi connectivity index (χ3n) is 4.06. The van der Waals surface area contributed by atoms with E-state index >= 15 is 0 Å². The smallest absolute Gasteiger partial charge is 0.251 e. The number of morpholine rings is 1. The first-order chi connectivity index (χ1) is 12.9. The molecule has 8 nitrogen and oxygen atoms in total. The van der Waals surface area contributed by atoms with Gasteiger partial charge in [0, 0.05) is 24.2 Å². The highest BCUT2D eigenvalue weighted by Crippen LogP contribution is 2.21. The van der Waals surface area contributed by atoms with Crippen molar-refractivity contribution in [2.75, 3.05) is 19.6 Å². The zero-order chi connectivity index (χ0) is 21.1. The van der Waals surface area contributed by atoms with Crippen molar-refractivity contribution in [3.63, 3.8) is 0 Å². The molecular weight excluding hydrogens is 382 g/mol. The van der Waals surface area contributed by atoms with Gasteiger partial charge in [-0.15, -0.1) is 0 Å². The van der Waals surface area contributed by atoms with Crippen molar-refractivity contribution in [3.8, 4) is 0 Å². The Bertz CT molecular complexity index is 805. The van der Waals surface area contributed by atoms with E-state index in [-0.39, 0.29) is 53.7 Å². The van der Waals surface area contributed by atoms with Crippen LogP contribution in [-0.2, 0) is 19.6 Å². The van der Waals surface area contributed by atoms with E-state index in [1.54, 1.807) is 0 Å². The average Bonchev–Trinajstić information content (AvgIpc) is 2.57. The van der Waals surface area contributed by atoms with Crippen molar-refractivity contribution in [2.24, 2.45) is 0 Å².